The number of amides is 1. The molecule has 0 aliphatic carbocycles. The molecule has 0 aliphatic rings. The van der Waals surface area contributed by atoms with Crippen molar-refractivity contribution in [1.82, 2.24) is 15.4 Å². The average Bonchev–Trinajstić information content (AvgIpc) is 2.68. The second-order valence-corrected chi connectivity index (χ2v) is 3.51. The van der Waals surface area contributed by atoms with Gasteiger partial charge in [-0.3, -0.25) is 4.79 Å². The number of nitrogens with zero attached hydrogens (tertiary/aromatic N) is 2. The number of hydrogen-bond acceptors (Lipinski definition) is 5. The van der Waals surface area contributed by atoms with Gasteiger partial charge in [0.25, 0.3) is 5.91 Å². The standard InChI is InChI=1S/C10H11N5O2/c1-5-4-6(16)2-3-7(5)12-10(17)8-9(11)14-15-13-8/h2-4,16H,1H3,(H,12,17)(H3,11,13,14,15). The number of aromatic amines is 1. The van der Waals surface area contributed by atoms with Crippen molar-refractivity contribution in [3.63, 3.8) is 0 Å². The summed E-state index contributed by atoms with van der Waals surface area (Å²) in [5.41, 5.74) is 6.81. The van der Waals surface area contributed by atoms with E-state index in [1.165, 1.54) is 6.07 Å². The lowest BCUT2D eigenvalue weighted by Gasteiger charge is -2.07. The number of phenolic OH excluding ortho intramolecular Hbond substituents is 1. The molecule has 0 unspecified atom stereocenters. The fraction of sp³-hybridized carbons (Fsp3) is 0.100. The maximum absolute atomic E-state index is 11.8. The van der Waals surface area contributed by atoms with E-state index in [0.717, 1.165) is 5.56 Å². The first-order valence-electron chi connectivity index (χ1n) is 4.85. The van der Waals surface area contributed by atoms with Gasteiger partial charge in [0.15, 0.2) is 11.5 Å². The smallest absolute Gasteiger partial charge is 0.280 e. The molecule has 1 amide bonds. The van der Waals surface area contributed by atoms with Crippen LogP contribution in [0.15, 0.2) is 18.2 Å². The summed E-state index contributed by atoms with van der Waals surface area (Å²) in [6, 6.07) is 4.62. The Labute approximate surface area is 96.6 Å². The number of aryl methyl sites for hydroxylation is 1. The maximum atomic E-state index is 11.8. The van der Waals surface area contributed by atoms with Crippen LogP contribution in [0.5, 0.6) is 5.75 Å². The van der Waals surface area contributed by atoms with Gasteiger partial charge in [-0.1, -0.05) is 0 Å². The Kier molecular flexibility index (Phi) is 2.65. The Morgan fingerprint density at radius 2 is 2.24 bits per heavy atom. The van der Waals surface area contributed by atoms with E-state index in [1.54, 1.807) is 19.1 Å². The molecule has 0 saturated heterocycles. The third-order valence-electron chi connectivity index (χ3n) is 2.25. The molecular weight excluding hydrogens is 222 g/mol. The van der Waals surface area contributed by atoms with E-state index in [0.29, 0.717) is 5.69 Å². The van der Waals surface area contributed by atoms with Gasteiger partial charge in [0.1, 0.15) is 5.75 Å². The number of carbonyl (C=O) groups excluding carboxylic acids is 1. The molecule has 0 atom stereocenters. The van der Waals surface area contributed by atoms with Crippen LogP contribution < -0.4 is 11.1 Å². The van der Waals surface area contributed by atoms with Gasteiger partial charge in [-0.25, -0.2) is 0 Å². The SMILES string of the molecule is Cc1cc(O)ccc1NC(=O)c1n[nH]nc1N. The van der Waals surface area contributed by atoms with Crippen molar-refractivity contribution in [2.24, 2.45) is 0 Å². The maximum Gasteiger partial charge on any atom is 0.280 e. The van der Waals surface area contributed by atoms with Crippen LogP contribution in [0, 0.1) is 6.92 Å². The topological polar surface area (TPSA) is 117 Å². The van der Waals surface area contributed by atoms with Gasteiger partial charge in [-0.2, -0.15) is 5.21 Å². The van der Waals surface area contributed by atoms with Gasteiger partial charge in [0.05, 0.1) is 0 Å². The lowest BCUT2D eigenvalue weighted by molar-refractivity contribution is 0.102. The molecule has 7 nitrogen and oxygen atoms in total. The van der Waals surface area contributed by atoms with Crippen molar-refractivity contribution in [3.8, 4) is 5.75 Å². The molecule has 0 bridgehead atoms. The molecule has 0 saturated carbocycles. The lowest BCUT2D eigenvalue weighted by Crippen LogP contribution is -2.15. The number of anilines is 2. The summed E-state index contributed by atoms with van der Waals surface area (Å²) in [5, 5.41) is 21.3. The zero-order valence-corrected chi connectivity index (χ0v) is 9.06. The number of aromatic hydroxyl groups is 1. The van der Waals surface area contributed by atoms with Gasteiger partial charge in [0.2, 0.25) is 0 Å². The molecule has 2 aromatic rings. The molecule has 0 radical (unpaired) electrons. The quantitative estimate of drug-likeness (QED) is 0.568. The number of hydrogen-bond donors (Lipinski definition) is 4. The number of H-pyrrole nitrogens is 1. The molecule has 0 aliphatic heterocycles. The minimum Gasteiger partial charge on any atom is -0.508 e. The van der Waals surface area contributed by atoms with Crippen LogP contribution in [0.25, 0.3) is 0 Å². The first kappa shape index (κ1) is 10.9. The van der Waals surface area contributed by atoms with E-state index >= 15 is 0 Å². The zero-order valence-electron chi connectivity index (χ0n) is 9.06. The highest BCUT2D eigenvalue weighted by Crippen LogP contribution is 2.20. The Morgan fingerprint density at radius 3 is 2.82 bits per heavy atom. The van der Waals surface area contributed by atoms with Gasteiger partial charge < -0.3 is 16.2 Å². The van der Waals surface area contributed by atoms with Crippen LogP contribution in [0.3, 0.4) is 0 Å². The normalized spacial score (nSPS) is 10.2. The number of carbonyl (C=O) groups is 1. The summed E-state index contributed by atoms with van der Waals surface area (Å²) in [4.78, 5) is 11.8. The molecule has 7 heteroatoms. The minimum atomic E-state index is -0.454. The predicted molar refractivity (Wildman–Crippen MR) is 61.6 cm³/mol. The molecule has 0 fully saturated rings. The van der Waals surface area contributed by atoms with Crippen molar-refractivity contribution in [1.29, 1.82) is 0 Å². The summed E-state index contributed by atoms with van der Waals surface area (Å²) in [7, 11) is 0. The summed E-state index contributed by atoms with van der Waals surface area (Å²) < 4.78 is 0. The number of phenols is 1. The van der Waals surface area contributed by atoms with Crippen LogP contribution in [0.4, 0.5) is 11.5 Å². The zero-order chi connectivity index (χ0) is 12.4. The molecule has 2 rings (SSSR count). The van der Waals surface area contributed by atoms with Crippen molar-refractivity contribution in [2.45, 2.75) is 6.92 Å². The number of rotatable bonds is 2. The first-order valence-corrected chi connectivity index (χ1v) is 4.85. The van der Waals surface area contributed by atoms with Gasteiger partial charge in [-0.15, -0.1) is 10.2 Å². The van der Waals surface area contributed by atoms with Gasteiger partial charge in [-0.05, 0) is 30.7 Å². The second-order valence-electron chi connectivity index (χ2n) is 3.51. The minimum absolute atomic E-state index is 0.0393. The largest absolute Gasteiger partial charge is 0.508 e. The Morgan fingerprint density at radius 1 is 1.47 bits per heavy atom. The molecule has 5 N–H and O–H groups in total. The van der Waals surface area contributed by atoms with Crippen LogP contribution in [0.1, 0.15) is 16.1 Å². The number of benzene rings is 1. The molecule has 1 aromatic carbocycles. The molecule has 17 heavy (non-hydrogen) atoms. The second kappa shape index (κ2) is 4.12. The summed E-state index contributed by atoms with van der Waals surface area (Å²) in [6.45, 7) is 1.77. The fourth-order valence-corrected chi connectivity index (χ4v) is 1.38. The van der Waals surface area contributed by atoms with E-state index < -0.39 is 5.91 Å². The highest BCUT2D eigenvalue weighted by Gasteiger charge is 2.14. The Bertz CT molecular complexity index is 564. The van der Waals surface area contributed by atoms with Crippen molar-refractivity contribution in [3.05, 3.63) is 29.5 Å². The summed E-state index contributed by atoms with van der Waals surface area (Å²) >= 11 is 0. The third kappa shape index (κ3) is 2.17. The van der Waals surface area contributed by atoms with Crippen molar-refractivity contribution in [2.75, 3.05) is 11.1 Å². The first-order chi connectivity index (χ1) is 8.08. The molecular formula is C10H11N5O2. The van der Waals surface area contributed by atoms with Crippen LogP contribution >= 0.6 is 0 Å². The van der Waals surface area contributed by atoms with Crippen molar-refractivity contribution >= 4 is 17.4 Å². The van der Waals surface area contributed by atoms with Gasteiger partial charge in [0, 0.05) is 5.69 Å². The number of nitrogens with two attached hydrogens (primary N) is 1. The van der Waals surface area contributed by atoms with E-state index in [9.17, 15) is 9.90 Å². The number of nitrogen functional groups attached to an aromatic ring is 1. The monoisotopic (exact) mass is 233 g/mol. The Balaban J connectivity index is 2.22. The summed E-state index contributed by atoms with van der Waals surface area (Å²) in [5.74, 6) is -0.273. The molecule has 0 spiro atoms. The molecule has 1 aromatic heterocycles. The predicted octanol–water partition coefficient (Wildman–Crippen LogP) is 0.653. The van der Waals surface area contributed by atoms with E-state index in [1.807, 2.05) is 0 Å². The van der Waals surface area contributed by atoms with E-state index in [-0.39, 0.29) is 17.3 Å². The number of aromatic nitrogens is 3. The van der Waals surface area contributed by atoms with Crippen molar-refractivity contribution < 1.29 is 9.90 Å². The average molecular weight is 233 g/mol. The fourth-order valence-electron chi connectivity index (χ4n) is 1.38. The highest BCUT2D eigenvalue weighted by molar-refractivity contribution is 6.05. The molecule has 88 valence electrons. The van der Waals surface area contributed by atoms with Crippen LogP contribution in [0.2, 0.25) is 0 Å². The molecule has 1 heterocycles. The van der Waals surface area contributed by atoms with Gasteiger partial charge >= 0.3 is 0 Å². The Hall–Kier alpha value is -2.57. The van der Waals surface area contributed by atoms with E-state index in [4.69, 9.17) is 5.73 Å². The highest BCUT2D eigenvalue weighted by atomic mass is 16.3. The van der Waals surface area contributed by atoms with E-state index in [2.05, 4.69) is 20.7 Å². The lowest BCUT2D eigenvalue weighted by atomic mass is 10.2. The summed E-state index contributed by atoms with van der Waals surface area (Å²) in [6.07, 6.45) is 0. The third-order valence-corrected chi connectivity index (χ3v) is 2.25. The van der Waals surface area contributed by atoms with Crippen LogP contribution in [-0.4, -0.2) is 26.4 Å². The number of nitrogens with one attached hydrogen (secondary N) is 2. The van der Waals surface area contributed by atoms with Crippen LogP contribution in [-0.2, 0) is 0 Å².